The molecule has 10 heavy (non-hydrogen) atoms. The number of rotatable bonds is 1. The smallest absolute Gasteiger partial charge is 0.239 e. The Hall–Kier alpha value is -0.610. The number of hydrogen-bond acceptors (Lipinski definition) is 3. The quantitative estimate of drug-likeness (QED) is 0.466. The molecule has 0 bridgehead atoms. The number of nitrogens with one attached hydrogen (secondary N) is 1. The Kier molecular flexibility index (Phi) is 1.35. The number of β-lactam (4-membered cyclic amide) rings is 1. The number of hydrogen-bond donors (Lipinski definition) is 1. The summed E-state index contributed by atoms with van der Waals surface area (Å²) in [7, 11) is 0. The summed E-state index contributed by atoms with van der Waals surface area (Å²) in [5.41, 5.74) is 0. The average Bonchev–Trinajstić information content (AvgIpc) is 2.37. The average molecular weight is 142 g/mol. The lowest BCUT2D eigenvalue weighted by atomic mass is 10.1. The fraction of sp³-hybridized carbons (Fsp3) is 0.833. The molecule has 4 heteroatoms. The van der Waals surface area contributed by atoms with Crippen molar-refractivity contribution in [3.05, 3.63) is 0 Å². The molecule has 0 aromatic heterocycles. The minimum atomic E-state index is 0.0995. The molecule has 1 atom stereocenters. The highest BCUT2D eigenvalue weighted by atomic mass is 16.5. The zero-order valence-electron chi connectivity index (χ0n) is 5.67. The monoisotopic (exact) mass is 142 g/mol. The molecule has 56 valence electrons. The van der Waals surface area contributed by atoms with Gasteiger partial charge in [0.15, 0.2) is 0 Å². The maximum absolute atomic E-state index is 10.8. The lowest BCUT2D eigenvalue weighted by Crippen LogP contribution is -2.61. The normalized spacial score (nSPS) is 33.6. The lowest BCUT2D eigenvalue weighted by molar-refractivity contribution is -0.133. The number of carbonyl (C=O) groups is 1. The van der Waals surface area contributed by atoms with Crippen molar-refractivity contribution in [3.63, 3.8) is 0 Å². The van der Waals surface area contributed by atoms with Crippen LogP contribution in [0.1, 0.15) is 0 Å². The van der Waals surface area contributed by atoms with Crippen LogP contribution in [0.3, 0.4) is 0 Å². The van der Waals surface area contributed by atoms with Gasteiger partial charge in [0.25, 0.3) is 0 Å². The second-order valence-corrected chi connectivity index (χ2v) is 2.61. The highest BCUT2D eigenvalue weighted by molar-refractivity contribution is 5.87. The Morgan fingerprint density at radius 1 is 1.70 bits per heavy atom. The third-order valence-electron chi connectivity index (χ3n) is 1.99. The zero-order chi connectivity index (χ0) is 6.97. The first-order chi connectivity index (χ1) is 4.88. The van der Waals surface area contributed by atoms with Gasteiger partial charge in [-0.25, -0.2) is 0 Å². The summed E-state index contributed by atoms with van der Waals surface area (Å²) in [4.78, 5) is 12.9. The zero-order valence-corrected chi connectivity index (χ0v) is 5.67. The van der Waals surface area contributed by atoms with Gasteiger partial charge in [-0.05, 0) is 0 Å². The minimum absolute atomic E-state index is 0.0995. The Bertz CT molecular complexity index is 154. The van der Waals surface area contributed by atoms with Crippen LogP contribution in [0, 0.1) is 0 Å². The standard InChI is InChI=1S/C6H10N2O2/c9-6-5(3-7-6)8-1-2-10-4-8/h5H,1-4H2,(H,7,9). The Balaban J connectivity index is 1.92. The summed E-state index contributed by atoms with van der Waals surface area (Å²) in [6, 6.07) is 0.0995. The van der Waals surface area contributed by atoms with Gasteiger partial charge in [-0.3, -0.25) is 9.69 Å². The molecule has 0 radical (unpaired) electrons. The van der Waals surface area contributed by atoms with Crippen LogP contribution in [-0.4, -0.2) is 43.3 Å². The molecular weight excluding hydrogens is 132 g/mol. The van der Waals surface area contributed by atoms with Crippen molar-refractivity contribution in [2.45, 2.75) is 6.04 Å². The Morgan fingerprint density at radius 2 is 2.60 bits per heavy atom. The van der Waals surface area contributed by atoms with Crippen LogP contribution >= 0.6 is 0 Å². The van der Waals surface area contributed by atoms with E-state index in [2.05, 4.69) is 10.2 Å². The molecule has 4 nitrogen and oxygen atoms in total. The largest absolute Gasteiger partial charge is 0.365 e. The van der Waals surface area contributed by atoms with E-state index in [0.29, 0.717) is 6.73 Å². The molecule has 2 fully saturated rings. The van der Waals surface area contributed by atoms with Gasteiger partial charge in [-0.15, -0.1) is 0 Å². The molecule has 2 rings (SSSR count). The van der Waals surface area contributed by atoms with Gasteiger partial charge in [0, 0.05) is 13.1 Å². The van der Waals surface area contributed by atoms with Crippen LogP contribution in [0.25, 0.3) is 0 Å². The summed E-state index contributed by atoms with van der Waals surface area (Å²) in [6.07, 6.45) is 0. The Labute approximate surface area is 59.1 Å². The van der Waals surface area contributed by atoms with E-state index in [9.17, 15) is 4.79 Å². The van der Waals surface area contributed by atoms with Gasteiger partial charge in [0.2, 0.25) is 5.91 Å². The van der Waals surface area contributed by atoms with Gasteiger partial charge in [-0.1, -0.05) is 0 Å². The fourth-order valence-electron chi connectivity index (χ4n) is 1.25. The first-order valence-corrected chi connectivity index (χ1v) is 3.47. The maximum Gasteiger partial charge on any atom is 0.239 e. The van der Waals surface area contributed by atoms with Gasteiger partial charge in [0.1, 0.15) is 6.04 Å². The van der Waals surface area contributed by atoms with E-state index in [1.54, 1.807) is 0 Å². The molecule has 2 aliphatic rings. The molecule has 2 saturated heterocycles. The van der Waals surface area contributed by atoms with E-state index in [0.717, 1.165) is 19.7 Å². The van der Waals surface area contributed by atoms with Gasteiger partial charge in [0.05, 0.1) is 13.3 Å². The summed E-state index contributed by atoms with van der Waals surface area (Å²) in [6.45, 7) is 3.09. The van der Waals surface area contributed by atoms with Crippen molar-refractivity contribution < 1.29 is 9.53 Å². The van der Waals surface area contributed by atoms with Crippen molar-refractivity contribution in [2.75, 3.05) is 26.4 Å². The molecular formula is C6H10N2O2. The highest BCUT2D eigenvalue weighted by Gasteiger charge is 2.34. The third kappa shape index (κ3) is 0.803. The Morgan fingerprint density at radius 3 is 3.00 bits per heavy atom. The molecule has 1 amide bonds. The van der Waals surface area contributed by atoms with Crippen molar-refractivity contribution in [2.24, 2.45) is 0 Å². The summed E-state index contributed by atoms with van der Waals surface area (Å²) < 4.78 is 5.11. The molecule has 2 heterocycles. The topological polar surface area (TPSA) is 41.6 Å². The van der Waals surface area contributed by atoms with Crippen LogP contribution in [0.15, 0.2) is 0 Å². The summed E-state index contributed by atoms with van der Waals surface area (Å²) in [5, 5.41) is 2.70. The number of nitrogens with zero attached hydrogens (tertiary/aromatic N) is 1. The minimum Gasteiger partial charge on any atom is -0.365 e. The predicted molar refractivity (Wildman–Crippen MR) is 34.3 cm³/mol. The molecule has 1 N–H and O–H groups in total. The van der Waals surface area contributed by atoms with Crippen LogP contribution in [0.5, 0.6) is 0 Å². The van der Waals surface area contributed by atoms with Gasteiger partial charge < -0.3 is 10.1 Å². The van der Waals surface area contributed by atoms with Gasteiger partial charge in [-0.2, -0.15) is 0 Å². The highest BCUT2D eigenvalue weighted by Crippen LogP contribution is 2.09. The lowest BCUT2D eigenvalue weighted by Gasteiger charge is -2.32. The second kappa shape index (κ2) is 2.21. The predicted octanol–water partition coefficient (Wildman–Crippen LogP) is -1.23. The van der Waals surface area contributed by atoms with Gasteiger partial charge >= 0.3 is 0 Å². The van der Waals surface area contributed by atoms with E-state index in [1.807, 2.05) is 0 Å². The number of carbonyl (C=O) groups excluding carboxylic acids is 1. The van der Waals surface area contributed by atoms with Crippen LogP contribution in [0.2, 0.25) is 0 Å². The molecule has 0 aromatic rings. The van der Waals surface area contributed by atoms with E-state index >= 15 is 0 Å². The molecule has 0 spiro atoms. The van der Waals surface area contributed by atoms with E-state index in [4.69, 9.17) is 4.74 Å². The van der Waals surface area contributed by atoms with E-state index in [1.165, 1.54) is 0 Å². The van der Waals surface area contributed by atoms with Crippen molar-refractivity contribution in [1.82, 2.24) is 10.2 Å². The van der Waals surface area contributed by atoms with Crippen molar-refractivity contribution >= 4 is 5.91 Å². The first-order valence-electron chi connectivity index (χ1n) is 3.47. The molecule has 0 saturated carbocycles. The van der Waals surface area contributed by atoms with Crippen molar-refractivity contribution in [1.29, 1.82) is 0 Å². The molecule has 1 unspecified atom stereocenters. The summed E-state index contributed by atoms with van der Waals surface area (Å²) >= 11 is 0. The fourth-order valence-corrected chi connectivity index (χ4v) is 1.25. The number of amides is 1. The van der Waals surface area contributed by atoms with Crippen LogP contribution < -0.4 is 5.32 Å². The first kappa shape index (κ1) is 6.12. The number of ether oxygens (including phenoxy) is 1. The van der Waals surface area contributed by atoms with Crippen molar-refractivity contribution in [3.8, 4) is 0 Å². The van der Waals surface area contributed by atoms with E-state index < -0.39 is 0 Å². The summed E-state index contributed by atoms with van der Waals surface area (Å²) in [5.74, 6) is 0.144. The molecule has 0 aromatic carbocycles. The SMILES string of the molecule is O=C1NCC1N1CCOC1. The van der Waals surface area contributed by atoms with Crippen LogP contribution in [-0.2, 0) is 9.53 Å². The van der Waals surface area contributed by atoms with E-state index in [-0.39, 0.29) is 11.9 Å². The molecule has 0 aliphatic carbocycles. The molecule has 2 aliphatic heterocycles. The third-order valence-corrected chi connectivity index (χ3v) is 1.99. The maximum atomic E-state index is 10.8. The van der Waals surface area contributed by atoms with Crippen LogP contribution in [0.4, 0.5) is 0 Å². The second-order valence-electron chi connectivity index (χ2n) is 2.61.